The van der Waals surface area contributed by atoms with Gasteiger partial charge in [-0.3, -0.25) is 0 Å². The Morgan fingerprint density at radius 3 is 1.11 bits per heavy atom. The SMILES string of the molecule is CCCCC(CC)CC=C(CC(=O)[O-])C(=O)[O-].CCCCC(CC)CC=C(CC(=O)[O-])C(=O)[O-].[Zn+2].[Zn+2]. The average Bonchev–Trinajstić information content (AvgIpc) is 2.77. The molecule has 0 spiro atoms. The molecular weight excluding hydrogens is 571 g/mol. The fraction of sp³-hybridized carbons (Fsp3) is 0.692. The largest absolute Gasteiger partial charge is 2.00 e. The Kier molecular flexibility index (Phi) is 30.9. The van der Waals surface area contributed by atoms with Gasteiger partial charge in [0.05, 0.1) is 11.9 Å². The topological polar surface area (TPSA) is 161 Å². The Morgan fingerprint density at radius 1 is 0.611 bits per heavy atom. The molecule has 2 unspecified atom stereocenters. The van der Waals surface area contributed by atoms with Crippen molar-refractivity contribution in [2.45, 2.75) is 105 Å². The normalized spacial score (nSPS) is 12.7. The van der Waals surface area contributed by atoms with Crippen LogP contribution in [-0.2, 0) is 58.1 Å². The first-order valence-electron chi connectivity index (χ1n) is 12.2. The zero-order chi connectivity index (χ0) is 26.5. The second-order valence-corrected chi connectivity index (χ2v) is 8.44. The van der Waals surface area contributed by atoms with E-state index in [9.17, 15) is 39.6 Å². The zero-order valence-electron chi connectivity index (χ0n) is 22.5. The third kappa shape index (κ3) is 24.3. The molecule has 0 fully saturated rings. The van der Waals surface area contributed by atoms with Crippen molar-refractivity contribution in [1.29, 1.82) is 0 Å². The van der Waals surface area contributed by atoms with Crippen LogP contribution < -0.4 is 20.4 Å². The van der Waals surface area contributed by atoms with E-state index in [2.05, 4.69) is 13.8 Å². The van der Waals surface area contributed by atoms with E-state index in [1.807, 2.05) is 13.8 Å². The van der Waals surface area contributed by atoms with Crippen LogP contribution in [0.4, 0.5) is 0 Å². The number of hydrogen-bond acceptors (Lipinski definition) is 8. The number of carbonyl (C=O) groups is 4. The number of carboxylic acids is 4. The van der Waals surface area contributed by atoms with Crippen LogP contribution in [0.5, 0.6) is 0 Å². The predicted octanol–water partition coefficient (Wildman–Crippen LogP) is 0.813. The molecule has 196 valence electrons. The molecule has 0 rings (SSSR count). The van der Waals surface area contributed by atoms with Crippen molar-refractivity contribution in [1.82, 2.24) is 0 Å². The summed E-state index contributed by atoms with van der Waals surface area (Å²) in [6.07, 6.45) is 11.4. The monoisotopic (exact) mass is 608 g/mol. The molecule has 8 nitrogen and oxygen atoms in total. The molecule has 2 atom stereocenters. The Hall–Kier alpha value is -1.39. The van der Waals surface area contributed by atoms with Gasteiger partial charge in [-0.15, -0.1) is 0 Å². The summed E-state index contributed by atoms with van der Waals surface area (Å²) in [4.78, 5) is 42.1. The standard InChI is InChI=1S/2C13H22O4.2Zn/c2*1-3-5-6-10(4-2)7-8-11(13(16)17)9-12(14)15;;/h2*8,10H,3-7,9H2,1-2H3,(H,14,15)(H,16,17);;/q;;2*+2/p-4. The second-order valence-electron chi connectivity index (χ2n) is 8.44. The summed E-state index contributed by atoms with van der Waals surface area (Å²) in [6.45, 7) is 8.30. The Labute approximate surface area is 241 Å². The van der Waals surface area contributed by atoms with Gasteiger partial charge in [0.25, 0.3) is 0 Å². The molecule has 0 aromatic heterocycles. The molecule has 0 aromatic carbocycles. The maximum Gasteiger partial charge on any atom is 2.00 e. The number of allylic oxidation sites excluding steroid dienone is 2. The van der Waals surface area contributed by atoms with Crippen molar-refractivity contribution in [3.05, 3.63) is 23.3 Å². The van der Waals surface area contributed by atoms with Crippen molar-refractivity contribution >= 4 is 23.9 Å². The molecule has 10 heteroatoms. The number of aliphatic carboxylic acids is 4. The minimum Gasteiger partial charge on any atom is -0.550 e. The number of hydrogen-bond donors (Lipinski definition) is 0. The van der Waals surface area contributed by atoms with Crippen LogP contribution in [0, 0.1) is 11.8 Å². The van der Waals surface area contributed by atoms with Gasteiger partial charge in [-0.2, -0.15) is 0 Å². The fourth-order valence-corrected chi connectivity index (χ4v) is 3.35. The number of rotatable bonds is 18. The van der Waals surface area contributed by atoms with E-state index in [-0.39, 0.29) is 50.1 Å². The Balaban J connectivity index is -0.000000269. The van der Waals surface area contributed by atoms with E-state index in [1.54, 1.807) is 0 Å². The Morgan fingerprint density at radius 2 is 0.917 bits per heavy atom. The van der Waals surface area contributed by atoms with E-state index in [1.165, 1.54) is 12.2 Å². The molecule has 0 radical (unpaired) electrons. The fourth-order valence-electron chi connectivity index (χ4n) is 3.35. The molecule has 0 saturated heterocycles. The summed E-state index contributed by atoms with van der Waals surface area (Å²) < 4.78 is 0. The van der Waals surface area contributed by atoms with Gasteiger partial charge in [0, 0.05) is 24.8 Å². The third-order valence-corrected chi connectivity index (χ3v) is 5.68. The van der Waals surface area contributed by atoms with Gasteiger partial charge < -0.3 is 39.6 Å². The molecule has 0 aliphatic rings. The van der Waals surface area contributed by atoms with Gasteiger partial charge in [0.2, 0.25) is 0 Å². The van der Waals surface area contributed by atoms with Gasteiger partial charge in [0.1, 0.15) is 0 Å². The van der Waals surface area contributed by atoms with Crippen LogP contribution in [0.3, 0.4) is 0 Å². The van der Waals surface area contributed by atoms with E-state index in [4.69, 9.17) is 0 Å². The number of carbonyl (C=O) groups excluding carboxylic acids is 4. The molecule has 0 aliphatic carbocycles. The third-order valence-electron chi connectivity index (χ3n) is 5.68. The first-order valence-corrected chi connectivity index (χ1v) is 12.2. The van der Waals surface area contributed by atoms with Gasteiger partial charge in [-0.1, -0.05) is 91.2 Å². The predicted molar refractivity (Wildman–Crippen MR) is 121 cm³/mol. The molecular formula is C26H40O8Zn2. The summed E-state index contributed by atoms with van der Waals surface area (Å²) in [7, 11) is 0. The number of carboxylic acid groups (broad SMARTS) is 4. The van der Waals surface area contributed by atoms with Gasteiger partial charge in [-0.25, -0.2) is 0 Å². The second kappa shape index (κ2) is 26.7. The van der Waals surface area contributed by atoms with Crippen molar-refractivity contribution in [3.63, 3.8) is 0 Å². The Bertz CT molecular complexity index is 631. The first kappa shape index (κ1) is 41.7. The molecule has 0 heterocycles. The average molecular weight is 611 g/mol. The summed E-state index contributed by atoms with van der Waals surface area (Å²) in [6, 6.07) is 0. The molecule has 0 aliphatic heterocycles. The van der Waals surface area contributed by atoms with Crippen molar-refractivity contribution < 1.29 is 78.6 Å². The summed E-state index contributed by atoms with van der Waals surface area (Å²) in [5.41, 5.74) is -0.361. The minimum absolute atomic E-state index is 0. The molecule has 36 heavy (non-hydrogen) atoms. The van der Waals surface area contributed by atoms with E-state index in [0.717, 1.165) is 51.4 Å². The molecule has 0 saturated carbocycles. The number of unbranched alkanes of at least 4 members (excludes halogenated alkanes) is 2. The summed E-state index contributed by atoms with van der Waals surface area (Å²) >= 11 is 0. The van der Waals surface area contributed by atoms with Gasteiger partial charge >= 0.3 is 39.0 Å². The van der Waals surface area contributed by atoms with Crippen molar-refractivity contribution in [2.24, 2.45) is 11.8 Å². The maximum atomic E-state index is 10.7. The molecule has 0 amide bonds. The van der Waals surface area contributed by atoms with Gasteiger partial charge in [-0.05, 0) is 35.8 Å². The van der Waals surface area contributed by atoms with E-state index >= 15 is 0 Å². The molecule has 0 N–H and O–H groups in total. The summed E-state index contributed by atoms with van der Waals surface area (Å²) in [5, 5.41) is 42.1. The van der Waals surface area contributed by atoms with Crippen LogP contribution in [0.25, 0.3) is 0 Å². The minimum atomic E-state index is -1.42. The van der Waals surface area contributed by atoms with E-state index < -0.39 is 36.7 Å². The quantitative estimate of drug-likeness (QED) is 0.163. The molecule has 0 aromatic rings. The molecule has 0 bridgehead atoms. The maximum absolute atomic E-state index is 10.7. The van der Waals surface area contributed by atoms with Crippen LogP contribution in [0.1, 0.15) is 105 Å². The summed E-state index contributed by atoms with van der Waals surface area (Å²) in [5.74, 6) is -4.79. The van der Waals surface area contributed by atoms with E-state index in [0.29, 0.717) is 24.7 Å². The van der Waals surface area contributed by atoms with Crippen LogP contribution in [0.15, 0.2) is 23.3 Å². The van der Waals surface area contributed by atoms with Crippen molar-refractivity contribution in [2.75, 3.05) is 0 Å². The van der Waals surface area contributed by atoms with Crippen molar-refractivity contribution in [3.8, 4) is 0 Å². The smallest absolute Gasteiger partial charge is 0.550 e. The van der Waals surface area contributed by atoms with Crippen LogP contribution >= 0.6 is 0 Å². The zero-order valence-corrected chi connectivity index (χ0v) is 28.4. The van der Waals surface area contributed by atoms with Gasteiger partial charge in [0.15, 0.2) is 0 Å². The van der Waals surface area contributed by atoms with Crippen LogP contribution in [0.2, 0.25) is 0 Å². The first-order chi connectivity index (χ1) is 16.0. The van der Waals surface area contributed by atoms with Crippen LogP contribution in [-0.4, -0.2) is 23.9 Å².